The summed E-state index contributed by atoms with van der Waals surface area (Å²) in [7, 11) is 0. The smallest absolute Gasteiger partial charge is 0.185 e. The maximum Gasteiger partial charge on any atom is 0.185 e. The van der Waals surface area contributed by atoms with Gasteiger partial charge in [-0.2, -0.15) is 0 Å². The highest BCUT2D eigenvalue weighted by Gasteiger charge is 2.11. The van der Waals surface area contributed by atoms with Gasteiger partial charge in [0.2, 0.25) is 0 Å². The first-order chi connectivity index (χ1) is 6.36. The Labute approximate surface area is 83.6 Å². The number of rotatable bonds is 1. The van der Waals surface area contributed by atoms with E-state index in [9.17, 15) is 0 Å². The van der Waals surface area contributed by atoms with Crippen LogP contribution in [0.2, 0.25) is 0 Å². The highest BCUT2D eigenvalue weighted by atomic mass is 32.1. The molecule has 1 aromatic rings. The van der Waals surface area contributed by atoms with Crippen molar-refractivity contribution < 1.29 is 0 Å². The summed E-state index contributed by atoms with van der Waals surface area (Å²) < 4.78 is 0. The molecule has 72 valence electrons. The van der Waals surface area contributed by atoms with Crippen LogP contribution in [0.5, 0.6) is 0 Å². The van der Waals surface area contributed by atoms with Gasteiger partial charge in [0.1, 0.15) is 0 Å². The first-order valence-corrected chi connectivity index (χ1v) is 5.91. The normalized spacial score (nSPS) is 18.7. The minimum Gasteiger partial charge on any atom is -0.348 e. The van der Waals surface area contributed by atoms with Crippen molar-refractivity contribution in [2.45, 2.75) is 32.6 Å². The SMILES string of the molecule is Cc1csc(N2CCCCCC2)n1. The zero-order valence-electron chi connectivity index (χ0n) is 8.12. The van der Waals surface area contributed by atoms with E-state index < -0.39 is 0 Å². The van der Waals surface area contributed by atoms with Gasteiger partial charge in [-0.1, -0.05) is 12.8 Å². The number of nitrogens with zero attached hydrogens (tertiary/aromatic N) is 2. The molecule has 2 nitrogen and oxygen atoms in total. The predicted molar refractivity (Wildman–Crippen MR) is 57.5 cm³/mol. The maximum absolute atomic E-state index is 4.52. The quantitative estimate of drug-likeness (QED) is 0.686. The largest absolute Gasteiger partial charge is 0.348 e. The van der Waals surface area contributed by atoms with Crippen LogP contribution in [0, 0.1) is 6.92 Å². The average Bonchev–Trinajstić information content (AvgIpc) is 2.43. The van der Waals surface area contributed by atoms with Gasteiger partial charge in [0.05, 0.1) is 5.69 Å². The van der Waals surface area contributed by atoms with Gasteiger partial charge < -0.3 is 4.90 Å². The predicted octanol–water partition coefficient (Wildman–Crippen LogP) is 2.83. The van der Waals surface area contributed by atoms with Crippen molar-refractivity contribution in [1.82, 2.24) is 4.98 Å². The molecular formula is C10H16N2S. The third-order valence-corrected chi connectivity index (χ3v) is 3.50. The Hall–Kier alpha value is -0.570. The third-order valence-electron chi connectivity index (χ3n) is 2.48. The lowest BCUT2D eigenvalue weighted by Crippen LogP contribution is -2.23. The summed E-state index contributed by atoms with van der Waals surface area (Å²) in [6, 6.07) is 0. The molecule has 3 heteroatoms. The zero-order valence-corrected chi connectivity index (χ0v) is 8.94. The average molecular weight is 196 g/mol. The first kappa shape index (κ1) is 9.00. The molecule has 1 aromatic heterocycles. The fourth-order valence-electron chi connectivity index (χ4n) is 1.75. The van der Waals surface area contributed by atoms with Crippen molar-refractivity contribution in [3.63, 3.8) is 0 Å². The Balaban J connectivity index is 2.06. The second kappa shape index (κ2) is 4.09. The number of anilines is 1. The standard InChI is InChI=1S/C10H16N2S/c1-9-8-13-10(11-9)12-6-4-2-3-5-7-12/h8H,2-7H2,1H3. The molecule has 0 aliphatic carbocycles. The molecule has 0 saturated carbocycles. The number of hydrogen-bond donors (Lipinski definition) is 0. The third kappa shape index (κ3) is 2.21. The van der Waals surface area contributed by atoms with E-state index in [-0.39, 0.29) is 0 Å². The minimum absolute atomic E-state index is 1.16. The molecule has 0 amide bonds. The molecule has 0 N–H and O–H groups in total. The topological polar surface area (TPSA) is 16.1 Å². The van der Waals surface area contributed by atoms with Crippen molar-refractivity contribution >= 4 is 16.5 Å². The van der Waals surface area contributed by atoms with E-state index in [1.54, 1.807) is 11.3 Å². The number of thiazole rings is 1. The number of aromatic nitrogens is 1. The lowest BCUT2D eigenvalue weighted by molar-refractivity contribution is 0.726. The van der Waals surface area contributed by atoms with Crippen molar-refractivity contribution in [3.05, 3.63) is 11.1 Å². The van der Waals surface area contributed by atoms with Crippen LogP contribution in [0.4, 0.5) is 5.13 Å². The maximum atomic E-state index is 4.52. The summed E-state index contributed by atoms with van der Waals surface area (Å²) in [6.07, 6.45) is 5.44. The lowest BCUT2D eigenvalue weighted by atomic mass is 10.2. The molecular weight excluding hydrogens is 180 g/mol. The highest BCUT2D eigenvalue weighted by Crippen LogP contribution is 2.22. The summed E-state index contributed by atoms with van der Waals surface area (Å²) in [6.45, 7) is 4.47. The van der Waals surface area contributed by atoms with Crippen LogP contribution >= 0.6 is 11.3 Å². The monoisotopic (exact) mass is 196 g/mol. The molecule has 13 heavy (non-hydrogen) atoms. The van der Waals surface area contributed by atoms with E-state index >= 15 is 0 Å². The van der Waals surface area contributed by atoms with Gasteiger partial charge >= 0.3 is 0 Å². The van der Waals surface area contributed by atoms with E-state index in [0.29, 0.717) is 0 Å². The van der Waals surface area contributed by atoms with Gasteiger partial charge in [-0.05, 0) is 19.8 Å². The Morgan fingerprint density at radius 3 is 2.46 bits per heavy atom. The molecule has 0 atom stereocenters. The van der Waals surface area contributed by atoms with Crippen molar-refractivity contribution in [2.75, 3.05) is 18.0 Å². The fraction of sp³-hybridized carbons (Fsp3) is 0.700. The van der Waals surface area contributed by atoms with E-state index in [1.165, 1.54) is 43.9 Å². The van der Waals surface area contributed by atoms with Gasteiger partial charge in [-0.3, -0.25) is 0 Å². The van der Waals surface area contributed by atoms with Gasteiger partial charge in [0, 0.05) is 18.5 Å². The molecule has 0 unspecified atom stereocenters. The lowest BCUT2D eigenvalue weighted by Gasteiger charge is -2.18. The second-order valence-electron chi connectivity index (χ2n) is 3.67. The van der Waals surface area contributed by atoms with Crippen LogP contribution in [0.3, 0.4) is 0 Å². The number of aryl methyl sites for hydroxylation is 1. The fourth-order valence-corrected chi connectivity index (χ4v) is 2.61. The molecule has 1 aliphatic rings. The van der Waals surface area contributed by atoms with Gasteiger partial charge in [0.15, 0.2) is 5.13 Å². The Morgan fingerprint density at radius 2 is 1.92 bits per heavy atom. The molecule has 2 heterocycles. The van der Waals surface area contributed by atoms with E-state index in [1.807, 2.05) is 0 Å². The molecule has 0 radical (unpaired) electrons. The molecule has 1 saturated heterocycles. The molecule has 2 rings (SSSR count). The van der Waals surface area contributed by atoms with Gasteiger partial charge in [-0.15, -0.1) is 11.3 Å². The van der Waals surface area contributed by atoms with Crippen molar-refractivity contribution in [1.29, 1.82) is 0 Å². The summed E-state index contributed by atoms with van der Waals surface area (Å²) in [5.74, 6) is 0. The highest BCUT2D eigenvalue weighted by molar-refractivity contribution is 7.13. The van der Waals surface area contributed by atoms with E-state index in [0.717, 1.165) is 5.69 Å². The Bertz CT molecular complexity index is 262. The molecule has 1 aliphatic heterocycles. The summed E-state index contributed by atoms with van der Waals surface area (Å²) in [4.78, 5) is 6.96. The second-order valence-corrected chi connectivity index (χ2v) is 4.51. The van der Waals surface area contributed by atoms with Crippen LogP contribution in [-0.2, 0) is 0 Å². The first-order valence-electron chi connectivity index (χ1n) is 5.03. The summed E-state index contributed by atoms with van der Waals surface area (Å²) in [5, 5.41) is 3.36. The van der Waals surface area contributed by atoms with Crippen LogP contribution in [0.1, 0.15) is 31.4 Å². The van der Waals surface area contributed by atoms with E-state index in [2.05, 4.69) is 22.2 Å². The molecule has 0 aromatic carbocycles. The Morgan fingerprint density at radius 1 is 1.23 bits per heavy atom. The van der Waals surface area contributed by atoms with Gasteiger partial charge in [-0.25, -0.2) is 4.98 Å². The van der Waals surface area contributed by atoms with E-state index in [4.69, 9.17) is 0 Å². The summed E-state index contributed by atoms with van der Waals surface area (Å²) in [5.41, 5.74) is 1.16. The van der Waals surface area contributed by atoms with Gasteiger partial charge in [0.25, 0.3) is 0 Å². The zero-order chi connectivity index (χ0) is 9.10. The number of hydrogen-bond acceptors (Lipinski definition) is 3. The van der Waals surface area contributed by atoms with Crippen molar-refractivity contribution in [2.24, 2.45) is 0 Å². The van der Waals surface area contributed by atoms with Crippen LogP contribution in [-0.4, -0.2) is 18.1 Å². The molecule has 0 spiro atoms. The molecule has 0 bridgehead atoms. The minimum atomic E-state index is 1.16. The van der Waals surface area contributed by atoms with Crippen LogP contribution in [0.15, 0.2) is 5.38 Å². The van der Waals surface area contributed by atoms with Crippen LogP contribution in [0.25, 0.3) is 0 Å². The molecule has 1 fully saturated rings. The summed E-state index contributed by atoms with van der Waals surface area (Å²) >= 11 is 1.78. The van der Waals surface area contributed by atoms with Crippen molar-refractivity contribution in [3.8, 4) is 0 Å². The van der Waals surface area contributed by atoms with Crippen LogP contribution < -0.4 is 4.90 Å². The Kier molecular flexibility index (Phi) is 2.83.